The van der Waals surface area contributed by atoms with Crippen LogP contribution in [0.5, 0.6) is 0 Å². The van der Waals surface area contributed by atoms with Crippen molar-refractivity contribution in [2.75, 3.05) is 0 Å². The number of benzene rings is 6. The van der Waals surface area contributed by atoms with Crippen LogP contribution in [0.2, 0.25) is 0 Å². The molecule has 0 fully saturated rings. The van der Waals surface area contributed by atoms with Gasteiger partial charge in [0.2, 0.25) is 0 Å². The van der Waals surface area contributed by atoms with Gasteiger partial charge in [0.15, 0.2) is 0 Å². The fraction of sp³-hybridized carbons (Fsp3) is 0.216. The zero-order valence-corrected chi connectivity index (χ0v) is 34.8. The van der Waals surface area contributed by atoms with Crippen LogP contribution in [0.15, 0.2) is 134 Å². The molecule has 1 aliphatic carbocycles. The molecule has 0 amide bonds. The van der Waals surface area contributed by atoms with Crippen molar-refractivity contribution in [3.05, 3.63) is 168 Å². The van der Waals surface area contributed by atoms with Crippen molar-refractivity contribution < 1.29 is 20.1 Å². The van der Waals surface area contributed by atoms with Gasteiger partial charge < -0.3 is 9.97 Å². The standard InChI is InChI=1S/C32H22N.C19H24N.Ir/c1-32(2)28-16-14-21-8-4-6-10-26(21)29(28)27-17-18-33-31(30(27)32)23-13-15-25-22(19-23)12-11-20-7-3-5-9-24(20)25;1-18(2,3)15-9-7-14(8-10-15)17-12-11-16(13-20-17)19(4,5)6;/h3-12,14-19H,1-2H3;7,9-13H,1-6H3;/q2*-1;. The zero-order chi connectivity index (χ0) is 37.1. The van der Waals surface area contributed by atoms with Gasteiger partial charge in [-0.05, 0) is 72.3 Å². The summed E-state index contributed by atoms with van der Waals surface area (Å²) in [5.74, 6) is 0. The first-order valence-electron chi connectivity index (χ1n) is 18.7. The van der Waals surface area contributed by atoms with Gasteiger partial charge in [-0.15, -0.1) is 64.5 Å². The minimum atomic E-state index is -0.134. The van der Waals surface area contributed by atoms with Crippen molar-refractivity contribution >= 4 is 32.3 Å². The third kappa shape index (κ3) is 6.70. The molecule has 2 heterocycles. The molecule has 271 valence electrons. The van der Waals surface area contributed by atoms with Crippen molar-refractivity contribution in [1.29, 1.82) is 0 Å². The summed E-state index contributed by atoms with van der Waals surface area (Å²) in [6.45, 7) is 17.9. The molecule has 6 aromatic carbocycles. The summed E-state index contributed by atoms with van der Waals surface area (Å²) < 4.78 is 0. The third-order valence-corrected chi connectivity index (χ3v) is 11.0. The largest absolute Gasteiger partial charge is 0.304 e. The van der Waals surface area contributed by atoms with Gasteiger partial charge in [0.25, 0.3) is 0 Å². The van der Waals surface area contributed by atoms with E-state index in [4.69, 9.17) is 4.98 Å². The zero-order valence-electron chi connectivity index (χ0n) is 32.4. The number of pyridine rings is 2. The van der Waals surface area contributed by atoms with Crippen LogP contribution < -0.4 is 0 Å². The SMILES string of the molecule is CC(C)(C)c1c[c-]c(-c2ccc(C(C)(C)C)cn2)cc1.CC1(C)c2ccc3ccccc3c2-c2ccnc(-c3[c-]cc4c(ccc5ccccc54)c3)c21.[Ir]. The monoisotopic (exact) mass is 879 g/mol. The van der Waals surface area contributed by atoms with E-state index in [1.54, 1.807) is 0 Å². The van der Waals surface area contributed by atoms with E-state index in [1.165, 1.54) is 65.7 Å². The van der Waals surface area contributed by atoms with Gasteiger partial charge in [0, 0.05) is 37.9 Å². The number of hydrogen-bond acceptors (Lipinski definition) is 2. The summed E-state index contributed by atoms with van der Waals surface area (Å²) in [5, 5.41) is 7.57. The topological polar surface area (TPSA) is 25.8 Å². The maximum atomic E-state index is 4.92. The number of rotatable bonds is 2. The van der Waals surface area contributed by atoms with Crippen LogP contribution in [-0.2, 0) is 36.4 Å². The van der Waals surface area contributed by atoms with E-state index in [-0.39, 0.29) is 36.4 Å². The van der Waals surface area contributed by atoms with Crippen LogP contribution in [-0.4, -0.2) is 9.97 Å². The number of fused-ring (bicyclic) bond motifs is 8. The molecule has 2 nitrogen and oxygen atoms in total. The van der Waals surface area contributed by atoms with Crippen LogP contribution in [0.1, 0.15) is 77.6 Å². The summed E-state index contributed by atoms with van der Waals surface area (Å²) in [5.41, 5.74) is 12.2. The van der Waals surface area contributed by atoms with Gasteiger partial charge in [0.1, 0.15) is 0 Å². The van der Waals surface area contributed by atoms with Gasteiger partial charge in [-0.2, -0.15) is 0 Å². The molecule has 0 atom stereocenters. The fourth-order valence-electron chi connectivity index (χ4n) is 7.85. The van der Waals surface area contributed by atoms with Crippen molar-refractivity contribution in [2.45, 2.75) is 71.6 Å². The first kappa shape index (κ1) is 37.4. The van der Waals surface area contributed by atoms with Crippen molar-refractivity contribution in [3.8, 4) is 33.6 Å². The minimum Gasteiger partial charge on any atom is -0.304 e. The Balaban J connectivity index is 0.000000186. The summed E-state index contributed by atoms with van der Waals surface area (Å²) in [6, 6.07) is 50.3. The Kier molecular flexibility index (Phi) is 9.71. The van der Waals surface area contributed by atoms with Gasteiger partial charge in [-0.1, -0.05) is 151 Å². The molecule has 0 aliphatic heterocycles. The Bertz CT molecular complexity index is 2580. The van der Waals surface area contributed by atoms with E-state index in [1.807, 2.05) is 12.4 Å². The summed E-state index contributed by atoms with van der Waals surface area (Å²) in [4.78, 5) is 9.49. The quantitative estimate of drug-likeness (QED) is 0.128. The average molecular weight is 879 g/mol. The minimum absolute atomic E-state index is 0. The van der Waals surface area contributed by atoms with Gasteiger partial charge in [-0.3, -0.25) is 0 Å². The molecule has 0 N–H and O–H groups in total. The molecule has 1 radical (unpaired) electrons. The number of nitrogens with zero attached hydrogens (tertiary/aromatic N) is 2. The first-order valence-corrected chi connectivity index (χ1v) is 18.7. The second-order valence-electron chi connectivity index (χ2n) is 17.0. The summed E-state index contributed by atoms with van der Waals surface area (Å²) in [6.07, 6.45) is 3.93. The Labute approximate surface area is 334 Å². The number of aromatic nitrogens is 2. The molecular formula is C51H46IrN2-2. The molecular weight excluding hydrogens is 833 g/mol. The van der Waals surface area contributed by atoms with E-state index in [0.717, 1.165) is 22.5 Å². The van der Waals surface area contributed by atoms with E-state index < -0.39 is 0 Å². The van der Waals surface area contributed by atoms with E-state index >= 15 is 0 Å². The Morgan fingerprint density at radius 3 is 1.85 bits per heavy atom. The van der Waals surface area contributed by atoms with Crippen LogP contribution in [0.3, 0.4) is 0 Å². The molecule has 3 heteroatoms. The third-order valence-electron chi connectivity index (χ3n) is 11.0. The van der Waals surface area contributed by atoms with Crippen molar-refractivity contribution in [1.82, 2.24) is 9.97 Å². The van der Waals surface area contributed by atoms with Crippen LogP contribution >= 0.6 is 0 Å². The van der Waals surface area contributed by atoms with Crippen LogP contribution in [0.4, 0.5) is 0 Å². The second-order valence-corrected chi connectivity index (χ2v) is 17.0. The van der Waals surface area contributed by atoms with E-state index in [2.05, 4.69) is 194 Å². The summed E-state index contributed by atoms with van der Waals surface area (Å²) in [7, 11) is 0. The first-order chi connectivity index (χ1) is 25.3. The molecule has 0 spiro atoms. The predicted molar refractivity (Wildman–Crippen MR) is 224 cm³/mol. The number of hydrogen-bond donors (Lipinski definition) is 0. The molecule has 8 aromatic rings. The predicted octanol–water partition coefficient (Wildman–Crippen LogP) is 13.5. The molecule has 0 saturated carbocycles. The molecule has 9 rings (SSSR count). The van der Waals surface area contributed by atoms with Crippen molar-refractivity contribution in [3.63, 3.8) is 0 Å². The maximum absolute atomic E-state index is 4.92. The van der Waals surface area contributed by atoms with E-state index in [0.29, 0.717) is 0 Å². The normalized spacial score (nSPS) is 13.2. The van der Waals surface area contributed by atoms with Gasteiger partial charge in [0.05, 0.1) is 0 Å². The molecule has 2 aromatic heterocycles. The Morgan fingerprint density at radius 1 is 0.556 bits per heavy atom. The Hall–Kier alpha value is -4.95. The maximum Gasteiger partial charge on any atom is 0.0198 e. The van der Waals surface area contributed by atoms with Crippen LogP contribution in [0.25, 0.3) is 66.0 Å². The summed E-state index contributed by atoms with van der Waals surface area (Å²) >= 11 is 0. The van der Waals surface area contributed by atoms with Gasteiger partial charge in [-0.25, -0.2) is 0 Å². The Morgan fingerprint density at radius 2 is 1.19 bits per heavy atom. The van der Waals surface area contributed by atoms with Crippen molar-refractivity contribution in [2.24, 2.45) is 0 Å². The smallest absolute Gasteiger partial charge is 0.0198 e. The molecule has 1 aliphatic rings. The van der Waals surface area contributed by atoms with Gasteiger partial charge >= 0.3 is 0 Å². The van der Waals surface area contributed by atoms with Crippen LogP contribution in [0, 0.1) is 12.1 Å². The second kappa shape index (κ2) is 14.0. The molecule has 0 unspecified atom stereocenters. The molecule has 0 saturated heterocycles. The fourth-order valence-corrected chi connectivity index (χ4v) is 7.85. The molecule has 54 heavy (non-hydrogen) atoms. The van der Waals surface area contributed by atoms with E-state index in [9.17, 15) is 0 Å². The molecule has 0 bridgehead atoms. The average Bonchev–Trinajstić information content (AvgIpc) is 3.40.